The van der Waals surface area contributed by atoms with Gasteiger partial charge in [0.15, 0.2) is 0 Å². The summed E-state index contributed by atoms with van der Waals surface area (Å²) in [6.07, 6.45) is 3.70. The average molecular weight is 260 g/mol. The molecule has 0 aromatic heterocycles. The topological polar surface area (TPSA) is 29.5 Å². The van der Waals surface area contributed by atoms with E-state index >= 15 is 0 Å². The highest BCUT2D eigenvalue weighted by Gasteiger charge is 2.57. The van der Waals surface area contributed by atoms with Crippen molar-refractivity contribution in [1.82, 2.24) is 0 Å². The second-order valence-corrected chi connectivity index (χ2v) is 6.91. The first-order chi connectivity index (χ1) is 8.29. The van der Waals surface area contributed by atoms with E-state index in [-0.39, 0.29) is 0 Å². The zero-order chi connectivity index (χ0) is 13.1. The molecular weight excluding hydrogens is 238 g/mol. The van der Waals surface area contributed by atoms with Crippen molar-refractivity contribution < 1.29 is 18.6 Å². The Morgan fingerprint density at radius 1 is 1.11 bits per heavy atom. The largest absolute Gasteiger partial charge is 0.363 e. The van der Waals surface area contributed by atoms with Crippen molar-refractivity contribution in [1.29, 1.82) is 0 Å². The molecule has 4 heteroatoms. The Bertz CT molecular complexity index is 309. The summed E-state index contributed by atoms with van der Waals surface area (Å²) < 4.78 is 31.7. The first-order valence-corrected chi connectivity index (χ1v) is 7.02. The van der Waals surface area contributed by atoms with Crippen molar-refractivity contribution >= 4 is 0 Å². The summed E-state index contributed by atoms with van der Waals surface area (Å²) in [5.74, 6) is -0.944. The lowest BCUT2D eigenvalue weighted by molar-refractivity contribution is -0.312. The molecule has 1 atom stereocenters. The molecular formula is C14H22F2O2. The predicted molar refractivity (Wildman–Crippen MR) is 63.2 cm³/mol. The fourth-order valence-electron chi connectivity index (χ4n) is 4.66. The minimum Gasteiger partial charge on any atom is -0.363 e. The number of aliphatic hydroxyl groups is 1. The second kappa shape index (κ2) is 3.89. The number of aliphatic hydroxyl groups excluding tert-OH is 1. The van der Waals surface area contributed by atoms with Gasteiger partial charge in [-0.3, -0.25) is 0 Å². The Labute approximate surface area is 107 Å². The Morgan fingerprint density at radius 2 is 1.56 bits per heavy atom. The van der Waals surface area contributed by atoms with Crippen LogP contribution in [0.1, 0.15) is 46.0 Å². The van der Waals surface area contributed by atoms with Crippen LogP contribution in [0.2, 0.25) is 0 Å². The van der Waals surface area contributed by atoms with E-state index in [0.29, 0.717) is 11.8 Å². The van der Waals surface area contributed by atoms with E-state index in [1.165, 1.54) is 6.42 Å². The van der Waals surface area contributed by atoms with Gasteiger partial charge in [-0.25, -0.2) is 8.78 Å². The van der Waals surface area contributed by atoms with E-state index < -0.39 is 17.8 Å². The smallest absolute Gasteiger partial charge is 0.295 e. The Hall–Kier alpha value is -0.220. The van der Waals surface area contributed by atoms with Gasteiger partial charge in [-0.2, -0.15) is 0 Å². The van der Waals surface area contributed by atoms with Gasteiger partial charge in [0, 0.05) is 6.92 Å². The van der Waals surface area contributed by atoms with E-state index in [2.05, 4.69) is 0 Å². The molecule has 0 aromatic rings. The Balaban J connectivity index is 1.78. The predicted octanol–water partition coefficient (Wildman–Crippen LogP) is 3.19. The van der Waals surface area contributed by atoms with Crippen molar-refractivity contribution in [3.05, 3.63) is 0 Å². The van der Waals surface area contributed by atoms with E-state index in [4.69, 9.17) is 4.74 Å². The lowest BCUT2D eigenvalue weighted by Gasteiger charge is -2.60. The maximum atomic E-state index is 13.1. The minimum atomic E-state index is -3.18. The number of alkyl halides is 2. The summed E-state index contributed by atoms with van der Waals surface area (Å²) in [5, 5.41) is 9.56. The first kappa shape index (κ1) is 12.8. The summed E-state index contributed by atoms with van der Waals surface area (Å²) in [4.78, 5) is 0. The normalized spacial score (nSPS) is 48.5. The summed E-state index contributed by atoms with van der Waals surface area (Å²) >= 11 is 0. The molecule has 0 amide bonds. The van der Waals surface area contributed by atoms with Crippen LogP contribution in [-0.2, 0) is 4.74 Å². The van der Waals surface area contributed by atoms with Crippen LogP contribution in [0.3, 0.4) is 0 Å². The van der Waals surface area contributed by atoms with Crippen LogP contribution in [0, 0.1) is 23.7 Å². The van der Waals surface area contributed by atoms with Crippen LogP contribution in [0.25, 0.3) is 0 Å². The fraction of sp³-hybridized carbons (Fsp3) is 1.00. The molecule has 0 aromatic carbocycles. The van der Waals surface area contributed by atoms with Gasteiger partial charge in [0.1, 0.15) is 0 Å². The number of ether oxygens (including phenoxy) is 1. The zero-order valence-corrected chi connectivity index (χ0v) is 11.0. The maximum Gasteiger partial charge on any atom is 0.295 e. The highest BCUT2D eigenvalue weighted by atomic mass is 19.3. The number of rotatable bonds is 3. The van der Waals surface area contributed by atoms with Gasteiger partial charge in [0.05, 0.1) is 5.60 Å². The highest BCUT2D eigenvalue weighted by molar-refractivity contribution is 5.06. The zero-order valence-electron chi connectivity index (χ0n) is 11.0. The van der Waals surface area contributed by atoms with Gasteiger partial charge in [0.2, 0.25) is 6.29 Å². The molecule has 4 aliphatic rings. The highest BCUT2D eigenvalue weighted by Crippen LogP contribution is 2.59. The van der Waals surface area contributed by atoms with Crippen LogP contribution in [-0.4, -0.2) is 22.9 Å². The summed E-state index contributed by atoms with van der Waals surface area (Å²) in [5.41, 5.74) is -0.549. The molecule has 4 fully saturated rings. The Morgan fingerprint density at radius 3 is 1.94 bits per heavy atom. The van der Waals surface area contributed by atoms with Gasteiger partial charge in [-0.15, -0.1) is 0 Å². The number of hydrogen-bond acceptors (Lipinski definition) is 2. The average Bonchev–Trinajstić information content (AvgIpc) is 2.23. The van der Waals surface area contributed by atoms with Crippen LogP contribution in [0.5, 0.6) is 0 Å². The molecule has 18 heavy (non-hydrogen) atoms. The number of halogens is 2. The summed E-state index contributed by atoms with van der Waals surface area (Å²) in [6.45, 7) is 2.66. The monoisotopic (exact) mass is 260 g/mol. The van der Waals surface area contributed by atoms with Gasteiger partial charge in [-0.1, -0.05) is 0 Å². The van der Waals surface area contributed by atoms with E-state index in [1.807, 2.05) is 6.92 Å². The van der Waals surface area contributed by atoms with Crippen molar-refractivity contribution in [2.24, 2.45) is 23.7 Å². The number of hydrogen-bond donors (Lipinski definition) is 1. The third-order valence-electron chi connectivity index (χ3n) is 5.56. The molecule has 4 bridgehead atoms. The fourth-order valence-corrected chi connectivity index (χ4v) is 4.66. The van der Waals surface area contributed by atoms with E-state index in [9.17, 15) is 13.9 Å². The van der Waals surface area contributed by atoms with Crippen LogP contribution in [0.15, 0.2) is 0 Å². The van der Waals surface area contributed by atoms with Crippen LogP contribution in [0.4, 0.5) is 8.78 Å². The molecule has 4 saturated carbocycles. The molecule has 0 aliphatic heterocycles. The second-order valence-electron chi connectivity index (χ2n) is 6.91. The summed E-state index contributed by atoms with van der Waals surface area (Å²) in [7, 11) is 0. The van der Waals surface area contributed by atoms with E-state index in [0.717, 1.165) is 44.4 Å². The van der Waals surface area contributed by atoms with Crippen molar-refractivity contribution in [3.8, 4) is 0 Å². The van der Waals surface area contributed by atoms with Gasteiger partial charge >= 0.3 is 0 Å². The molecule has 1 N–H and O–H groups in total. The molecule has 104 valence electrons. The molecule has 4 aliphatic carbocycles. The first-order valence-electron chi connectivity index (χ1n) is 7.02. The maximum absolute atomic E-state index is 13.1. The SMILES string of the molecule is CC(F)(F)C(O)OC1(C)C2CC3CC(C2)CC1C3. The van der Waals surface area contributed by atoms with Crippen molar-refractivity contribution in [2.45, 2.75) is 63.8 Å². The molecule has 0 radical (unpaired) electrons. The minimum absolute atomic E-state index is 0.353. The summed E-state index contributed by atoms with van der Waals surface area (Å²) in [6, 6.07) is 0. The third-order valence-corrected chi connectivity index (χ3v) is 5.56. The molecule has 2 nitrogen and oxygen atoms in total. The molecule has 4 rings (SSSR count). The van der Waals surface area contributed by atoms with Crippen LogP contribution >= 0.6 is 0 Å². The molecule has 0 spiro atoms. The van der Waals surface area contributed by atoms with Gasteiger partial charge in [-0.05, 0) is 62.7 Å². The van der Waals surface area contributed by atoms with Crippen molar-refractivity contribution in [3.63, 3.8) is 0 Å². The van der Waals surface area contributed by atoms with Gasteiger partial charge < -0.3 is 9.84 Å². The Kier molecular flexibility index (Phi) is 2.76. The van der Waals surface area contributed by atoms with E-state index in [1.54, 1.807) is 0 Å². The molecule has 0 saturated heterocycles. The lowest BCUT2D eigenvalue weighted by Crippen LogP contribution is -2.59. The lowest BCUT2D eigenvalue weighted by atomic mass is 9.50. The van der Waals surface area contributed by atoms with Crippen LogP contribution < -0.4 is 0 Å². The third kappa shape index (κ3) is 1.88. The molecule has 0 heterocycles. The molecule has 1 unspecified atom stereocenters. The van der Waals surface area contributed by atoms with Crippen molar-refractivity contribution in [2.75, 3.05) is 0 Å². The quantitative estimate of drug-likeness (QED) is 0.790. The van der Waals surface area contributed by atoms with Gasteiger partial charge in [0.25, 0.3) is 5.92 Å². The standard InChI is InChI=1S/C14H22F2O2/c1-13(18-12(17)14(2,15)16)10-4-8-3-9(6-10)7-11(13)5-8/h8-12,17H,3-7H2,1-2H3.